The van der Waals surface area contributed by atoms with E-state index in [1.165, 1.54) is 7.11 Å². The van der Waals surface area contributed by atoms with Gasteiger partial charge in [0.25, 0.3) is 0 Å². The van der Waals surface area contributed by atoms with E-state index in [0.717, 1.165) is 24.9 Å². The van der Waals surface area contributed by atoms with Crippen LogP contribution in [0.3, 0.4) is 0 Å². The molecule has 0 radical (unpaired) electrons. The quantitative estimate of drug-likeness (QED) is 0.0762. The number of nitrogens with one attached hydrogen (secondary N) is 4. The Balaban J connectivity index is 1.34. The van der Waals surface area contributed by atoms with E-state index in [1.807, 2.05) is 61.5 Å². The lowest BCUT2D eigenvalue weighted by Crippen LogP contribution is -2.65. The van der Waals surface area contributed by atoms with Gasteiger partial charge in [0.05, 0.1) is 24.8 Å². The van der Waals surface area contributed by atoms with Gasteiger partial charge in [-0.25, -0.2) is 9.59 Å². The van der Waals surface area contributed by atoms with E-state index in [9.17, 15) is 14.4 Å². The van der Waals surface area contributed by atoms with Gasteiger partial charge in [-0.3, -0.25) is 4.79 Å². The Hall–Kier alpha value is -4.59. The van der Waals surface area contributed by atoms with Crippen molar-refractivity contribution in [3.63, 3.8) is 0 Å². The third-order valence-electron chi connectivity index (χ3n) is 11.8. The van der Waals surface area contributed by atoms with E-state index in [2.05, 4.69) is 42.0 Å². The fourth-order valence-corrected chi connectivity index (χ4v) is 8.74. The fraction of sp³-hybridized carbons (Fsp3) is 0.523. The van der Waals surface area contributed by atoms with Crippen molar-refractivity contribution in [1.82, 2.24) is 21.3 Å². The molecular formula is C44H59BN4O8. The van der Waals surface area contributed by atoms with Crippen molar-refractivity contribution in [1.29, 1.82) is 0 Å². The molecule has 1 aliphatic heterocycles. The van der Waals surface area contributed by atoms with Crippen LogP contribution >= 0.6 is 0 Å². The number of likely N-dealkylation sites (N-methyl/N-ethyl adjacent to an activating group) is 1. The third kappa shape index (κ3) is 9.43. The summed E-state index contributed by atoms with van der Waals surface area (Å²) >= 11 is 0. The van der Waals surface area contributed by atoms with Gasteiger partial charge in [0.2, 0.25) is 5.91 Å². The van der Waals surface area contributed by atoms with E-state index >= 15 is 0 Å². The number of amides is 3. The highest BCUT2D eigenvalue weighted by atomic mass is 16.7. The van der Waals surface area contributed by atoms with Crippen molar-refractivity contribution in [3.05, 3.63) is 95.1 Å². The normalized spacial score (nSPS) is 22.9. The van der Waals surface area contributed by atoms with Crippen LogP contribution in [0.4, 0.5) is 4.79 Å². The molecule has 3 aliphatic carbocycles. The zero-order valence-corrected chi connectivity index (χ0v) is 34.6. The molecule has 57 heavy (non-hydrogen) atoms. The summed E-state index contributed by atoms with van der Waals surface area (Å²) in [6, 6.07) is 20.8. The topological polar surface area (TPSA) is 145 Å². The van der Waals surface area contributed by atoms with E-state index in [0.29, 0.717) is 35.9 Å². The molecule has 7 rings (SSSR count). The Morgan fingerprint density at radius 1 is 0.930 bits per heavy atom. The lowest BCUT2D eigenvalue weighted by molar-refractivity contribution is -0.199. The number of ether oxygens (including phenoxy) is 3. The SMILES string of the molecule is CCNCCNC(=O)NC(C(=O)N[C@@H](Cc1ccc(OCc2ccccc2)c(C(=O)OC(C)(C)C)c1OC)B1O[C@@H]2C[C@@H]3C[C@@H](C3(C)C)[C@]2(C)O1)c1ccccc1. The first-order valence-corrected chi connectivity index (χ1v) is 20.2. The lowest BCUT2D eigenvalue weighted by atomic mass is 9.43. The predicted molar refractivity (Wildman–Crippen MR) is 219 cm³/mol. The van der Waals surface area contributed by atoms with Crippen LogP contribution < -0.4 is 30.7 Å². The Bertz CT molecular complexity index is 1870. The molecule has 3 saturated carbocycles. The highest BCUT2D eigenvalue weighted by Gasteiger charge is 2.68. The average Bonchev–Trinajstić information content (AvgIpc) is 3.55. The minimum absolute atomic E-state index is 0.103. The Kier molecular flexibility index (Phi) is 12.9. The van der Waals surface area contributed by atoms with Crippen molar-refractivity contribution in [2.75, 3.05) is 26.7 Å². The molecular weight excluding hydrogens is 723 g/mol. The first-order chi connectivity index (χ1) is 27.1. The van der Waals surface area contributed by atoms with Gasteiger partial charge in [-0.15, -0.1) is 0 Å². The number of methoxy groups -OCH3 is 1. The smallest absolute Gasteiger partial charge is 0.482 e. The van der Waals surface area contributed by atoms with Gasteiger partial charge in [0, 0.05) is 13.1 Å². The molecule has 306 valence electrons. The first kappa shape index (κ1) is 42.0. The summed E-state index contributed by atoms with van der Waals surface area (Å²) in [7, 11) is 0.659. The molecule has 4 aliphatic rings. The highest BCUT2D eigenvalue weighted by Crippen LogP contribution is 2.65. The van der Waals surface area contributed by atoms with E-state index < -0.39 is 48.2 Å². The number of carbonyl (C=O) groups is 3. The summed E-state index contributed by atoms with van der Waals surface area (Å²) in [5.41, 5.74) is 1.03. The van der Waals surface area contributed by atoms with Gasteiger partial charge in [-0.1, -0.05) is 87.5 Å². The summed E-state index contributed by atoms with van der Waals surface area (Å²) in [4.78, 5) is 41.7. The molecule has 0 aromatic heterocycles. The minimum atomic E-state index is -1.04. The van der Waals surface area contributed by atoms with Crippen molar-refractivity contribution in [2.45, 2.75) is 104 Å². The Morgan fingerprint density at radius 2 is 1.63 bits per heavy atom. The number of carbonyl (C=O) groups excluding carboxylic acids is 3. The zero-order chi connectivity index (χ0) is 41.0. The van der Waals surface area contributed by atoms with Gasteiger partial charge >= 0.3 is 19.1 Å². The molecule has 1 saturated heterocycles. The third-order valence-corrected chi connectivity index (χ3v) is 11.8. The van der Waals surface area contributed by atoms with Crippen molar-refractivity contribution < 1.29 is 37.9 Å². The number of rotatable bonds is 16. The molecule has 3 aromatic carbocycles. The molecule has 3 aromatic rings. The van der Waals surface area contributed by atoms with Crippen molar-refractivity contribution in [3.8, 4) is 11.5 Å². The predicted octanol–water partition coefficient (Wildman–Crippen LogP) is 6.17. The van der Waals surface area contributed by atoms with Crippen LogP contribution in [-0.2, 0) is 31.9 Å². The van der Waals surface area contributed by atoms with Gasteiger partial charge in [0.1, 0.15) is 35.3 Å². The number of urea groups is 1. The molecule has 4 fully saturated rings. The summed E-state index contributed by atoms with van der Waals surface area (Å²) in [6.07, 6.45) is 1.92. The van der Waals surface area contributed by atoms with Crippen molar-refractivity contribution >= 4 is 25.0 Å². The van der Waals surface area contributed by atoms with Crippen LogP contribution in [0.25, 0.3) is 0 Å². The maximum absolute atomic E-state index is 14.5. The summed E-state index contributed by atoms with van der Waals surface area (Å²) in [6.45, 7) is 16.1. The molecule has 13 heteroatoms. The first-order valence-electron chi connectivity index (χ1n) is 20.2. The maximum atomic E-state index is 14.5. The standard InChI is InChI=1S/C44H59BN4O8/c1-9-46-22-23-47-41(52)49-37(29-18-14-11-15-19-29)39(50)48-35(45-56-34-26-31-25-33(43(31,5)6)44(34,7)57-45)24-30-20-21-32(54-27-28-16-12-10-13-17-28)36(38(30)53-8)40(51)55-42(2,3)4/h10-21,31,33-35,37,46H,9,22-27H2,1-8H3,(H,48,50)(H2,47,49,52)/t31-,33-,34+,35-,37?,44-/m0/s1. The second kappa shape index (κ2) is 17.5. The van der Waals surface area contributed by atoms with E-state index in [-0.39, 0.29) is 41.8 Å². The van der Waals surface area contributed by atoms with Gasteiger partial charge in [-0.2, -0.15) is 0 Å². The van der Waals surface area contributed by atoms with E-state index in [4.69, 9.17) is 23.5 Å². The van der Waals surface area contributed by atoms with Gasteiger partial charge in [-0.05, 0) is 93.5 Å². The Labute approximate surface area is 337 Å². The largest absolute Gasteiger partial charge is 0.495 e. The summed E-state index contributed by atoms with van der Waals surface area (Å²) in [5.74, 6) is -0.441. The number of hydrogen-bond acceptors (Lipinski definition) is 9. The highest BCUT2D eigenvalue weighted by molar-refractivity contribution is 6.48. The lowest BCUT2D eigenvalue weighted by Gasteiger charge is -2.64. The number of hydrogen-bond donors (Lipinski definition) is 4. The molecule has 12 nitrogen and oxygen atoms in total. The summed E-state index contributed by atoms with van der Waals surface area (Å²) < 4.78 is 31.9. The molecule has 1 heterocycles. The van der Waals surface area contributed by atoms with Crippen LogP contribution in [0.1, 0.15) is 94.4 Å². The zero-order valence-electron chi connectivity index (χ0n) is 34.6. The van der Waals surface area contributed by atoms with Crippen LogP contribution in [0.15, 0.2) is 72.8 Å². The molecule has 3 amide bonds. The molecule has 4 N–H and O–H groups in total. The van der Waals surface area contributed by atoms with Crippen LogP contribution in [0.5, 0.6) is 11.5 Å². The summed E-state index contributed by atoms with van der Waals surface area (Å²) in [5, 5.41) is 12.1. The second-order valence-electron chi connectivity index (χ2n) is 17.2. The van der Waals surface area contributed by atoms with Crippen LogP contribution in [0.2, 0.25) is 0 Å². The van der Waals surface area contributed by atoms with Crippen molar-refractivity contribution in [2.24, 2.45) is 17.3 Å². The monoisotopic (exact) mass is 782 g/mol. The molecule has 6 atom stereocenters. The average molecular weight is 783 g/mol. The maximum Gasteiger partial charge on any atom is 0.482 e. The van der Waals surface area contributed by atoms with Crippen LogP contribution in [-0.4, -0.2) is 75.0 Å². The molecule has 1 unspecified atom stereocenters. The number of esters is 1. The second-order valence-corrected chi connectivity index (χ2v) is 17.2. The fourth-order valence-electron chi connectivity index (χ4n) is 8.74. The minimum Gasteiger partial charge on any atom is -0.495 e. The van der Waals surface area contributed by atoms with Gasteiger partial charge in [0.15, 0.2) is 0 Å². The number of benzene rings is 3. The van der Waals surface area contributed by atoms with Crippen LogP contribution in [0, 0.1) is 17.3 Å². The Morgan fingerprint density at radius 3 is 2.28 bits per heavy atom. The van der Waals surface area contributed by atoms with Gasteiger partial charge < -0.3 is 44.8 Å². The van der Waals surface area contributed by atoms with E-state index in [1.54, 1.807) is 39.0 Å². The molecule has 0 spiro atoms. The molecule has 2 bridgehead atoms.